The van der Waals surface area contributed by atoms with Gasteiger partial charge < -0.3 is 5.73 Å². The number of nitrogens with zero attached hydrogens (tertiary/aromatic N) is 1. The molecule has 0 aliphatic carbocycles. The maximum Gasteiger partial charge on any atom is 0.266 e. The number of aromatic nitrogens is 2. The molecule has 0 aliphatic heterocycles. The molecule has 1 heterocycles. The minimum absolute atomic E-state index is 0.172. The zero-order valence-electron chi connectivity index (χ0n) is 7.80. The molecule has 0 atom stereocenters. The topological polar surface area (TPSA) is 63.8 Å². The molecule has 0 spiro atoms. The first-order valence-corrected chi connectivity index (χ1v) is 4.21. The fourth-order valence-electron chi connectivity index (χ4n) is 1.34. The Balaban J connectivity index is 2.74. The molecule has 0 bridgehead atoms. The van der Waals surface area contributed by atoms with Gasteiger partial charge in [0.15, 0.2) is 11.6 Å². The van der Waals surface area contributed by atoms with Gasteiger partial charge in [0.1, 0.15) is 17.3 Å². The first-order chi connectivity index (χ1) is 7.49. The number of anilines is 1. The Kier molecular flexibility index (Phi) is 2.22. The predicted molar refractivity (Wildman–Crippen MR) is 50.7 cm³/mol. The van der Waals surface area contributed by atoms with E-state index in [1.54, 1.807) is 0 Å². The largest absolute Gasteiger partial charge is 0.384 e. The second-order valence-electron chi connectivity index (χ2n) is 3.10. The lowest BCUT2D eigenvalue weighted by molar-refractivity contribution is 0.528. The summed E-state index contributed by atoms with van der Waals surface area (Å²) in [5.41, 5.74) is 4.12. The highest BCUT2D eigenvalue weighted by molar-refractivity contribution is 5.43. The molecule has 0 saturated carbocycles. The Morgan fingerprint density at radius 1 is 1.12 bits per heavy atom. The average Bonchev–Trinajstić information content (AvgIpc) is 2.43. The van der Waals surface area contributed by atoms with E-state index in [9.17, 15) is 18.0 Å². The van der Waals surface area contributed by atoms with Crippen molar-refractivity contribution in [3.8, 4) is 5.69 Å². The molecule has 2 aromatic rings. The second kappa shape index (κ2) is 3.44. The molecule has 0 aliphatic rings. The van der Waals surface area contributed by atoms with Crippen LogP contribution >= 0.6 is 0 Å². The van der Waals surface area contributed by atoms with E-state index >= 15 is 0 Å². The molecule has 16 heavy (non-hydrogen) atoms. The van der Waals surface area contributed by atoms with Gasteiger partial charge in [-0.1, -0.05) is 0 Å². The van der Waals surface area contributed by atoms with Crippen molar-refractivity contribution in [1.29, 1.82) is 0 Å². The highest BCUT2D eigenvalue weighted by Gasteiger charge is 2.15. The fraction of sp³-hybridized carbons (Fsp3) is 0. The van der Waals surface area contributed by atoms with Crippen molar-refractivity contribution < 1.29 is 13.2 Å². The number of H-pyrrole nitrogens is 1. The number of nitrogens with one attached hydrogen (secondary N) is 1. The van der Waals surface area contributed by atoms with Crippen molar-refractivity contribution >= 4 is 5.82 Å². The minimum Gasteiger partial charge on any atom is -0.384 e. The summed E-state index contributed by atoms with van der Waals surface area (Å²) in [5, 5.41) is 2.10. The van der Waals surface area contributed by atoms with Crippen LogP contribution in [0.1, 0.15) is 0 Å². The van der Waals surface area contributed by atoms with Gasteiger partial charge in [-0.3, -0.25) is 9.89 Å². The van der Waals surface area contributed by atoms with Crippen molar-refractivity contribution in [3.05, 3.63) is 46.0 Å². The van der Waals surface area contributed by atoms with E-state index in [4.69, 9.17) is 5.73 Å². The van der Waals surface area contributed by atoms with Gasteiger partial charge in [0.25, 0.3) is 5.56 Å². The molecular weight excluding hydrogens is 223 g/mol. The van der Waals surface area contributed by atoms with Gasteiger partial charge in [-0.05, 0) is 0 Å². The minimum atomic E-state index is -1.16. The zero-order valence-corrected chi connectivity index (χ0v) is 7.80. The number of hydrogen-bond acceptors (Lipinski definition) is 2. The number of rotatable bonds is 1. The van der Waals surface area contributed by atoms with Crippen LogP contribution in [0.25, 0.3) is 5.69 Å². The van der Waals surface area contributed by atoms with E-state index < -0.39 is 28.7 Å². The zero-order chi connectivity index (χ0) is 11.9. The molecular formula is C9H6F3N3O. The molecule has 0 amide bonds. The van der Waals surface area contributed by atoms with Crippen LogP contribution in [-0.2, 0) is 0 Å². The summed E-state index contributed by atoms with van der Waals surface area (Å²) in [4.78, 5) is 10.9. The molecule has 3 N–H and O–H groups in total. The smallest absolute Gasteiger partial charge is 0.266 e. The molecule has 0 fully saturated rings. The first-order valence-electron chi connectivity index (χ1n) is 4.21. The van der Waals surface area contributed by atoms with E-state index in [1.807, 2.05) is 0 Å². The number of nitrogen functional groups attached to an aromatic ring is 1. The summed E-state index contributed by atoms with van der Waals surface area (Å²) in [6.45, 7) is 0. The normalized spacial score (nSPS) is 10.7. The van der Waals surface area contributed by atoms with Gasteiger partial charge in [0.2, 0.25) is 0 Å². The number of nitrogens with two attached hydrogens (primary N) is 1. The summed E-state index contributed by atoms with van der Waals surface area (Å²) in [6.07, 6.45) is 0. The van der Waals surface area contributed by atoms with E-state index in [0.717, 1.165) is 6.07 Å². The number of aromatic amines is 1. The molecule has 0 radical (unpaired) electrons. The molecule has 7 heteroatoms. The fourth-order valence-corrected chi connectivity index (χ4v) is 1.34. The van der Waals surface area contributed by atoms with Crippen LogP contribution in [0.5, 0.6) is 0 Å². The lowest BCUT2D eigenvalue weighted by Crippen LogP contribution is -2.09. The number of halogens is 3. The standard InChI is InChI=1S/C9H6F3N3O/c10-4-1-5(11)9(6(12)2-4)15-7(13)3-8(16)14-15/h1-3H,13H2,(H,14,16). The number of hydrogen-bond donors (Lipinski definition) is 2. The molecule has 4 nitrogen and oxygen atoms in total. The van der Waals surface area contributed by atoms with Gasteiger partial charge in [-0.15, -0.1) is 0 Å². The number of benzene rings is 1. The van der Waals surface area contributed by atoms with Crippen molar-refractivity contribution in [2.75, 3.05) is 5.73 Å². The maximum atomic E-state index is 13.3. The Morgan fingerprint density at radius 3 is 2.12 bits per heavy atom. The average molecular weight is 229 g/mol. The van der Waals surface area contributed by atoms with Crippen LogP contribution in [-0.4, -0.2) is 9.78 Å². The van der Waals surface area contributed by atoms with Crippen LogP contribution in [0.3, 0.4) is 0 Å². The SMILES string of the molecule is Nc1cc(=O)[nH]n1-c1c(F)cc(F)cc1F. The van der Waals surface area contributed by atoms with Gasteiger partial charge >= 0.3 is 0 Å². The summed E-state index contributed by atoms with van der Waals surface area (Å²) in [7, 11) is 0. The van der Waals surface area contributed by atoms with E-state index in [0.29, 0.717) is 16.8 Å². The molecule has 0 saturated heterocycles. The van der Waals surface area contributed by atoms with Crippen LogP contribution in [0.2, 0.25) is 0 Å². The van der Waals surface area contributed by atoms with Gasteiger partial charge in [-0.25, -0.2) is 17.9 Å². The molecule has 84 valence electrons. The van der Waals surface area contributed by atoms with Gasteiger partial charge in [0.05, 0.1) is 0 Å². The monoisotopic (exact) mass is 229 g/mol. The lowest BCUT2D eigenvalue weighted by Gasteiger charge is -2.07. The summed E-state index contributed by atoms with van der Waals surface area (Å²) in [6, 6.07) is 1.95. The van der Waals surface area contributed by atoms with Crippen LogP contribution in [0, 0.1) is 17.5 Å². The van der Waals surface area contributed by atoms with Crippen molar-refractivity contribution in [2.45, 2.75) is 0 Å². The highest BCUT2D eigenvalue weighted by Crippen LogP contribution is 2.20. The molecule has 0 unspecified atom stereocenters. The summed E-state index contributed by atoms with van der Waals surface area (Å²) < 4.78 is 40.0. The Labute approximate surface area is 87.1 Å². The summed E-state index contributed by atoms with van der Waals surface area (Å²) >= 11 is 0. The third-order valence-corrected chi connectivity index (χ3v) is 1.96. The summed E-state index contributed by atoms with van der Waals surface area (Å²) in [5.74, 6) is -3.53. The molecule has 1 aromatic heterocycles. The van der Waals surface area contributed by atoms with Crippen molar-refractivity contribution in [1.82, 2.24) is 9.78 Å². The Morgan fingerprint density at radius 2 is 1.69 bits per heavy atom. The van der Waals surface area contributed by atoms with Crippen molar-refractivity contribution in [2.24, 2.45) is 0 Å². The lowest BCUT2D eigenvalue weighted by atomic mass is 10.3. The van der Waals surface area contributed by atoms with Crippen LogP contribution in [0.15, 0.2) is 23.0 Å². The first kappa shape index (κ1) is 10.3. The van der Waals surface area contributed by atoms with Crippen LogP contribution < -0.4 is 11.3 Å². The highest BCUT2D eigenvalue weighted by atomic mass is 19.1. The molecule has 2 rings (SSSR count). The van der Waals surface area contributed by atoms with Gasteiger partial charge in [-0.2, -0.15) is 0 Å². The molecule has 1 aromatic carbocycles. The van der Waals surface area contributed by atoms with E-state index in [1.165, 1.54) is 0 Å². The van der Waals surface area contributed by atoms with E-state index in [-0.39, 0.29) is 5.82 Å². The Bertz CT molecular complexity index is 579. The van der Waals surface area contributed by atoms with Crippen LogP contribution in [0.4, 0.5) is 19.0 Å². The predicted octanol–water partition coefficient (Wildman–Crippen LogP) is 1.17. The second-order valence-corrected chi connectivity index (χ2v) is 3.10. The quantitative estimate of drug-likeness (QED) is 0.770. The third kappa shape index (κ3) is 1.56. The van der Waals surface area contributed by atoms with Crippen molar-refractivity contribution in [3.63, 3.8) is 0 Å². The van der Waals surface area contributed by atoms with E-state index in [2.05, 4.69) is 5.10 Å². The Hall–Kier alpha value is -2.18. The maximum absolute atomic E-state index is 13.3. The third-order valence-electron chi connectivity index (χ3n) is 1.96. The van der Waals surface area contributed by atoms with Gasteiger partial charge in [0, 0.05) is 18.2 Å².